The number of benzene rings is 1. The van der Waals surface area contributed by atoms with Crippen molar-refractivity contribution in [1.82, 2.24) is 5.43 Å². The standard InChI is InChI=1S/C15H19ClN2O5/c1-15(22-4-5-23-15)8-14(19)18-17-9-10-6-11(16)13(21-3)7-12(10)20-2/h6-7,9H,4-5,8H2,1-3H3,(H,18,19)/b17-9-. The number of ether oxygens (including phenoxy) is 4. The van der Waals surface area contributed by atoms with Gasteiger partial charge in [0.25, 0.3) is 0 Å². The molecule has 1 saturated heterocycles. The van der Waals surface area contributed by atoms with E-state index < -0.39 is 5.79 Å². The molecule has 1 heterocycles. The molecule has 126 valence electrons. The fourth-order valence-electron chi connectivity index (χ4n) is 2.15. The third kappa shape index (κ3) is 4.57. The van der Waals surface area contributed by atoms with E-state index >= 15 is 0 Å². The van der Waals surface area contributed by atoms with Gasteiger partial charge in [0.2, 0.25) is 5.91 Å². The van der Waals surface area contributed by atoms with Crippen LogP contribution in [0.3, 0.4) is 0 Å². The zero-order valence-corrected chi connectivity index (χ0v) is 14.0. The Morgan fingerprint density at radius 1 is 1.35 bits per heavy atom. The second-order valence-corrected chi connectivity index (χ2v) is 5.44. The van der Waals surface area contributed by atoms with Gasteiger partial charge in [-0.05, 0) is 13.0 Å². The van der Waals surface area contributed by atoms with Crippen molar-refractivity contribution in [2.24, 2.45) is 5.10 Å². The number of rotatable bonds is 6. The molecular weight excluding hydrogens is 324 g/mol. The minimum Gasteiger partial charge on any atom is -0.496 e. The smallest absolute Gasteiger partial charge is 0.245 e. The van der Waals surface area contributed by atoms with Crippen molar-refractivity contribution >= 4 is 23.7 Å². The summed E-state index contributed by atoms with van der Waals surface area (Å²) in [7, 11) is 3.04. The number of hydrogen-bond acceptors (Lipinski definition) is 6. The van der Waals surface area contributed by atoms with Crippen molar-refractivity contribution in [2.75, 3.05) is 27.4 Å². The van der Waals surface area contributed by atoms with Gasteiger partial charge in [0.15, 0.2) is 5.79 Å². The first-order chi connectivity index (χ1) is 11.0. The first-order valence-corrected chi connectivity index (χ1v) is 7.36. The van der Waals surface area contributed by atoms with Gasteiger partial charge in [0.1, 0.15) is 11.5 Å². The van der Waals surface area contributed by atoms with Gasteiger partial charge < -0.3 is 18.9 Å². The van der Waals surface area contributed by atoms with Crippen molar-refractivity contribution in [1.29, 1.82) is 0 Å². The molecule has 1 aromatic carbocycles. The number of amides is 1. The molecule has 1 aliphatic rings. The Morgan fingerprint density at radius 2 is 2.00 bits per heavy atom. The predicted molar refractivity (Wildman–Crippen MR) is 85.2 cm³/mol. The Bertz CT molecular complexity index is 600. The SMILES string of the molecule is COc1cc(OC)c(/C=N\NC(=O)CC2(C)OCCO2)cc1Cl. The highest BCUT2D eigenvalue weighted by atomic mass is 35.5. The summed E-state index contributed by atoms with van der Waals surface area (Å²) in [6.45, 7) is 2.68. The number of halogens is 1. The predicted octanol–water partition coefficient (Wildman–Crippen LogP) is 1.96. The molecule has 0 spiro atoms. The molecule has 1 amide bonds. The molecule has 1 N–H and O–H groups in total. The van der Waals surface area contributed by atoms with E-state index in [9.17, 15) is 4.79 Å². The zero-order valence-electron chi connectivity index (χ0n) is 13.2. The van der Waals surface area contributed by atoms with Gasteiger partial charge in [0.05, 0.1) is 45.1 Å². The third-order valence-corrected chi connectivity index (χ3v) is 3.57. The molecule has 1 fully saturated rings. The second-order valence-electron chi connectivity index (χ2n) is 5.03. The lowest BCUT2D eigenvalue weighted by molar-refractivity contribution is -0.159. The minimum atomic E-state index is -0.888. The Kier molecular flexibility index (Phi) is 5.81. The number of carbonyl (C=O) groups excluding carboxylic acids is 1. The highest BCUT2D eigenvalue weighted by molar-refractivity contribution is 6.32. The molecule has 1 aliphatic heterocycles. The van der Waals surface area contributed by atoms with E-state index in [4.69, 9.17) is 30.5 Å². The van der Waals surface area contributed by atoms with Crippen molar-refractivity contribution in [3.63, 3.8) is 0 Å². The Labute approximate surface area is 139 Å². The van der Waals surface area contributed by atoms with Crippen LogP contribution in [0.1, 0.15) is 18.9 Å². The van der Waals surface area contributed by atoms with Gasteiger partial charge in [-0.1, -0.05) is 11.6 Å². The first kappa shape index (κ1) is 17.5. The first-order valence-electron chi connectivity index (χ1n) is 6.99. The Morgan fingerprint density at radius 3 is 2.61 bits per heavy atom. The van der Waals surface area contributed by atoms with E-state index in [0.717, 1.165) is 0 Å². The summed E-state index contributed by atoms with van der Waals surface area (Å²) in [6.07, 6.45) is 1.51. The molecule has 0 bridgehead atoms. The zero-order chi connectivity index (χ0) is 16.9. The van der Waals surface area contributed by atoms with Crippen molar-refractivity contribution in [2.45, 2.75) is 19.1 Å². The largest absolute Gasteiger partial charge is 0.496 e. The maximum atomic E-state index is 11.9. The Hall–Kier alpha value is -1.83. The molecule has 0 saturated carbocycles. The number of nitrogens with zero attached hydrogens (tertiary/aromatic N) is 1. The molecule has 0 aromatic heterocycles. The molecule has 0 radical (unpaired) electrons. The van der Waals surface area contributed by atoms with Gasteiger partial charge >= 0.3 is 0 Å². The summed E-state index contributed by atoms with van der Waals surface area (Å²) in [4.78, 5) is 11.9. The molecule has 0 aliphatic carbocycles. The number of nitrogens with one attached hydrogen (secondary N) is 1. The van der Waals surface area contributed by atoms with Crippen LogP contribution in [0.4, 0.5) is 0 Å². The normalized spacial score (nSPS) is 16.5. The molecule has 23 heavy (non-hydrogen) atoms. The van der Waals surface area contributed by atoms with Crippen LogP contribution in [0, 0.1) is 0 Å². The van der Waals surface area contributed by atoms with Crippen LogP contribution in [0.2, 0.25) is 5.02 Å². The van der Waals surface area contributed by atoms with Crippen LogP contribution in [0.15, 0.2) is 17.2 Å². The van der Waals surface area contributed by atoms with Gasteiger partial charge in [0, 0.05) is 11.6 Å². The number of methoxy groups -OCH3 is 2. The summed E-state index contributed by atoms with van der Waals surface area (Å²) in [5, 5.41) is 4.32. The van der Waals surface area contributed by atoms with Gasteiger partial charge in [-0.2, -0.15) is 5.10 Å². The molecule has 0 atom stereocenters. The summed E-state index contributed by atoms with van der Waals surface area (Å²) in [5.41, 5.74) is 3.03. The summed E-state index contributed by atoms with van der Waals surface area (Å²) >= 11 is 6.07. The maximum absolute atomic E-state index is 11.9. The lowest BCUT2D eigenvalue weighted by Gasteiger charge is -2.20. The summed E-state index contributed by atoms with van der Waals surface area (Å²) in [5.74, 6) is -0.184. The van der Waals surface area contributed by atoms with Crippen LogP contribution >= 0.6 is 11.6 Å². The number of carbonyl (C=O) groups is 1. The minimum absolute atomic E-state index is 0.0604. The monoisotopic (exact) mass is 342 g/mol. The fraction of sp³-hybridized carbons (Fsp3) is 0.467. The second kappa shape index (κ2) is 7.63. The molecule has 1 aromatic rings. The van der Waals surface area contributed by atoms with E-state index in [1.165, 1.54) is 20.4 Å². The van der Waals surface area contributed by atoms with Crippen LogP contribution in [-0.2, 0) is 14.3 Å². The van der Waals surface area contributed by atoms with Crippen molar-refractivity contribution in [3.05, 3.63) is 22.7 Å². The maximum Gasteiger partial charge on any atom is 0.245 e. The third-order valence-electron chi connectivity index (χ3n) is 3.28. The van der Waals surface area contributed by atoms with E-state index in [1.54, 1.807) is 19.1 Å². The van der Waals surface area contributed by atoms with Crippen LogP contribution in [0.25, 0.3) is 0 Å². The van der Waals surface area contributed by atoms with Crippen LogP contribution in [0.5, 0.6) is 11.5 Å². The Balaban J connectivity index is 1.99. The van der Waals surface area contributed by atoms with E-state index in [1.807, 2.05) is 0 Å². The molecular formula is C15H19ClN2O5. The summed E-state index contributed by atoms with van der Waals surface area (Å²) < 4.78 is 21.1. The molecule has 7 nitrogen and oxygen atoms in total. The average Bonchev–Trinajstić information content (AvgIpc) is 2.93. The molecule has 2 rings (SSSR count). The fourth-order valence-corrected chi connectivity index (χ4v) is 2.40. The lowest BCUT2D eigenvalue weighted by atomic mass is 10.2. The van der Waals surface area contributed by atoms with E-state index in [2.05, 4.69) is 10.5 Å². The molecule has 8 heteroatoms. The number of hydrogen-bond donors (Lipinski definition) is 1. The van der Waals surface area contributed by atoms with Crippen LogP contribution in [-0.4, -0.2) is 45.3 Å². The van der Waals surface area contributed by atoms with E-state index in [0.29, 0.717) is 35.3 Å². The summed E-state index contributed by atoms with van der Waals surface area (Å²) in [6, 6.07) is 3.28. The molecule has 0 unspecified atom stereocenters. The lowest BCUT2D eigenvalue weighted by Crippen LogP contribution is -2.33. The quantitative estimate of drug-likeness (QED) is 0.631. The van der Waals surface area contributed by atoms with Crippen LogP contribution < -0.4 is 14.9 Å². The van der Waals surface area contributed by atoms with E-state index in [-0.39, 0.29) is 12.3 Å². The van der Waals surface area contributed by atoms with Crippen molar-refractivity contribution in [3.8, 4) is 11.5 Å². The van der Waals surface area contributed by atoms with Gasteiger partial charge in [-0.15, -0.1) is 0 Å². The van der Waals surface area contributed by atoms with Gasteiger partial charge in [-0.3, -0.25) is 4.79 Å². The number of hydrazone groups is 1. The van der Waals surface area contributed by atoms with Crippen molar-refractivity contribution < 1.29 is 23.7 Å². The topological polar surface area (TPSA) is 78.4 Å². The average molecular weight is 343 g/mol. The highest BCUT2D eigenvalue weighted by Crippen LogP contribution is 2.31. The highest BCUT2D eigenvalue weighted by Gasteiger charge is 2.33. The van der Waals surface area contributed by atoms with Gasteiger partial charge in [-0.25, -0.2) is 5.43 Å².